The molecule has 0 saturated heterocycles. The van der Waals surface area contributed by atoms with Gasteiger partial charge in [-0.2, -0.15) is 0 Å². The molecule has 0 saturated carbocycles. The van der Waals surface area contributed by atoms with Gasteiger partial charge in [0, 0.05) is 38.2 Å². The van der Waals surface area contributed by atoms with Crippen molar-refractivity contribution >= 4 is 11.5 Å². The van der Waals surface area contributed by atoms with Crippen LogP contribution in [0.1, 0.15) is 12.8 Å². The van der Waals surface area contributed by atoms with Crippen LogP contribution in [0.2, 0.25) is 0 Å². The minimum atomic E-state index is 0.540. The molecule has 0 aliphatic carbocycles. The molecule has 1 rings (SSSR count). The number of nitrogens with one attached hydrogen (secondary N) is 1. The molecule has 0 aromatic carbocycles. The van der Waals surface area contributed by atoms with E-state index in [1.807, 2.05) is 12.1 Å². The summed E-state index contributed by atoms with van der Waals surface area (Å²) in [5.74, 6) is 0.540. The van der Waals surface area contributed by atoms with Crippen LogP contribution in [0.4, 0.5) is 11.5 Å². The zero-order valence-electron chi connectivity index (χ0n) is 10.3. The molecule has 0 atom stereocenters. The molecule has 1 aromatic rings. The average Bonchev–Trinajstić information content (AvgIpc) is 2.33. The van der Waals surface area contributed by atoms with E-state index in [-0.39, 0.29) is 0 Å². The van der Waals surface area contributed by atoms with Crippen molar-refractivity contribution in [3.05, 3.63) is 18.3 Å². The maximum Gasteiger partial charge on any atom is 0.125 e. The van der Waals surface area contributed by atoms with Crippen molar-refractivity contribution in [1.82, 2.24) is 4.98 Å². The Morgan fingerprint density at radius 3 is 2.94 bits per heavy atom. The van der Waals surface area contributed by atoms with Gasteiger partial charge in [0.25, 0.3) is 0 Å². The molecule has 0 amide bonds. The molecule has 0 spiro atoms. The summed E-state index contributed by atoms with van der Waals surface area (Å²) < 4.78 is 10.2. The highest BCUT2D eigenvalue weighted by atomic mass is 16.5. The van der Waals surface area contributed by atoms with Gasteiger partial charge in [0.05, 0.1) is 13.2 Å². The van der Waals surface area contributed by atoms with Crippen molar-refractivity contribution in [2.45, 2.75) is 12.8 Å². The lowest BCUT2D eigenvalue weighted by molar-refractivity contribution is 0.0691. The molecular weight excluding hydrogens is 218 g/mol. The third-order valence-electron chi connectivity index (χ3n) is 2.26. The normalized spacial score (nSPS) is 10.4. The molecule has 1 aromatic heterocycles. The molecule has 5 heteroatoms. The summed E-state index contributed by atoms with van der Waals surface area (Å²) in [7, 11) is 1.67. The van der Waals surface area contributed by atoms with Crippen LogP contribution in [0.5, 0.6) is 0 Å². The van der Waals surface area contributed by atoms with E-state index in [9.17, 15) is 0 Å². The number of nitrogens with zero attached hydrogens (tertiary/aromatic N) is 1. The van der Waals surface area contributed by atoms with Crippen molar-refractivity contribution in [2.75, 3.05) is 44.5 Å². The molecule has 1 heterocycles. The van der Waals surface area contributed by atoms with Gasteiger partial charge < -0.3 is 20.5 Å². The zero-order valence-corrected chi connectivity index (χ0v) is 10.3. The number of nitrogens with two attached hydrogens (primary N) is 1. The van der Waals surface area contributed by atoms with Gasteiger partial charge in [0.15, 0.2) is 0 Å². The Hall–Kier alpha value is -1.33. The summed E-state index contributed by atoms with van der Waals surface area (Å²) in [5, 5.41) is 3.29. The van der Waals surface area contributed by atoms with E-state index >= 15 is 0 Å². The number of anilines is 2. The van der Waals surface area contributed by atoms with Crippen LogP contribution in [0.25, 0.3) is 0 Å². The standard InChI is InChI=1S/C12H21N3O2/c1-16-8-9-17-7-3-2-5-14-11-4-6-15-12(13)10-11/h4,6,10H,2-3,5,7-9H2,1H3,(H3,13,14,15). The van der Waals surface area contributed by atoms with Crippen LogP contribution in [-0.2, 0) is 9.47 Å². The van der Waals surface area contributed by atoms with Gasteiger partial charge in [-0.3, -0.25) is 0 Å². The first kappa shape index (κ1) is 13.7. The van der Waals surface area contributed by atoms with E-state index in [0.717, 1.165) is 31.7 Å². The molecule has 0 bridgehead atoms. The molecule has 17 heavy (non-hydrogen) atoms. The van der Waals surface area contributed by atoms with Crippen molar-refractivity contribution < 1.29 is 9.47 Å². The lowest BCUT2D eigenvalue weighted by Gasteiger charge is -2.07. The van der Waals surface area contributed by atoms with Crippen LogP contribution in [0.3, 0.4) is 0 Å². The van der Waals surface area contributed by atoms with Crippen LogP contribution in [0.15, 0.2) is 18.3 Å². The first-order valence-electron chi connectivity index (χ1n) is 5.85. The number of ether oxygens (including phenoxy) is 2. The van der Waals surface area contributed by atoms with E-state index in [1.165, 1.54) is 0 Å². The summed E-state index contributed by atoms with van der Waals surface area (Å²) in [6.07, 6.45) is 3.80. The van der Waals surface area contributed by atoms with E-state index in [4.69, 9.17) is 15.2 Å². The number of unbranched alkanes of at least 4 members (excludes halogenated alkanes) is 1. The quantitative estimate of drug-likeness (QED) is 0.639. The van der Waals surface area contributed by atoms with Gasteiger partial charge in [0.1, 0.15) is 5.82 Å². The smallest absolute Gasteiger partial charge is 0.125 e. The number of hydrogen-bond donors (Lipinski definition) is 2. The molecule has 0 radical (unpaired) electrons. The fraction of sp³-hybridized carbons (Fsp3) is 0.583. The van der Waals surface area contributed by atoms with Gasteiger partial charge in [-0.1, -0.05) is 0 Å². The number of methoxy groups -OCH3 is 1. The van der Waals surface area contributed by atoms with Crippen LogP contribution in [-0.4, -0.2) is 38.5 Å². The molecule has 3 N–H and O–H groups in total. The lowest BCUT2D eigenvalue weighted by atomic mass is 10.3. The summed E-state index contributed by atoms with van der Waals surface area (Å²) >= 11 is 0. The van der Waals surface area contributed by atoms with E-state index in [0.29, 0.717) is 19.0 Å². The number of aromatic nitrogens is 1. The number of rotatable bonds is 9. The van der Waals surface area contributed by atoms with Crippen molar-refractivity contribution in [2.24, 2.45) is 0 Å². The molecule has 0 aliphatic heterocycles. The monoisotopic (exact) mass is 239 g/mol. The van der Waals surface area contributed by atoms with Crippen molar-refractivity contribution in [3.63, 3.8) is 0 Å². The van der Waals surface area contributed by atoms with Crippen LogP contribution < -0.4 is 11.1 Å². The van der Waals surface area contributed by atoms with Gasteiger partial charge in [-0.15, -0.1) is 0 Å². The largest absolute Gasteiger partial charge is 0.385 e. The third-order valence-corrected chi connectivity index (χ3v) is 2.26. The second-order valence-corrected chi connectivity index (χ2v) is 3.71. The highest BCUT2D eigenvalue weighted by Crippen LogP contribution is 2.08. The van der Waals surface area contributed by atoms with Crippen LogP contribution in [0, 0.1) is 0 Å². The minimum absolute atomic E-state index is 0.540. The molecule has 96 valence electrons. The second kappa shape index (κ2) is 8.78. The van der Waals surface area contributed by atoms with Crippen molar-refractivity contribution in [3.8, 4) is 0 Å². The van der Waals surface area contributed by atoms with Gasteiger partial charge in [-0.25, -0.2) is 4.98 Å². The Bertz CT molecular complexity index is 308. The maximum absolute atomic E-state index is 5.57. The van der Waals surface area contributed by atoms with Gasteiger partial charge in [-0.05, 0) is 18.9 Å². The number of nitrogen functional groups attached to an aromatic ring is 1. The SMILES string of the molecule is COCCOCCCCNc1ccnc(N)c1. The highest BCUT2D eigenvalue weighted by molar-refractivity contribution is 5.49. The average molecular weight is 239 g/mol. The first-order chi connectivity index (χ1) is 8.33. The Balaban J connectivity index is 1.97. The third kappa shape index (κ3) is 6.76. The zero-order chi connectivity index (χ0) is 12.3. The van der Waals surface area contributed by atoms with Gasteiger partial charge >= 0.3 is 0 Å². The lowest BCUT2D eigenvalue weighted by Crippen LogP contribution is -2.06. The molecule has 5 nitrogen and oxygen atoms in total. The van der Waals surface area contributed by atoms with E-state index < -0.39 is 0 Å². The fourth-order valence-electron chi connectivity index (χ4n) is 1.36. The predicted octanol–water partition coefficient (Wildman–Crippen LogP) is 1.52. The van der Waals surface area contributed by atoms with Crippen molar-refractivity contribution in [1.29, 1.82) is 0 Å². The predicted molar refractivity (Wildman–Crippen MR) is 69.1 cm³/mol. The van der Waals surface area contributed by atoms with E-state index in [2.05, 4.69) is 10.3 Å². The second-order valence-electron chi connectivity index (χ2n) is 3.71. The minimum Gasteiger partial charge on any atom is -0.385 e. The first-order valence-corrected chi connectivity index (χ1v) is 5.85. The Labute approximate surface area is 102 Å². The molecular formula is C12H21N3O2. The highest BCUT2D eigenvalue weighted by Gasteiger charge is 1.93. The molecule has 0 unspecified atom stereocenters. The Kier molecular flexibility index (Phi) is 7.09. The maximum atomic E-state index is 5.57. The Morgan fingerprint density at radius 2 is 2.18 bits per heavy atom. The van der Waals surface area contributed by atoms with Crippen LogP contribution >= 0.6 is 0 Å². The summed E-state index contributed by atoms with van der Waals surface area (Å²) in [6.45, 7) is 3.03. The van der Waals surface area contributed by atoms with Gasteiger partial charge in [0.2, 0.25) is 0 Å². The number of hydrogen-bond acceptors (Lipinski definition) is 5. The fourth-order valence-corrected chi connectivity index (χ4v) is 1.36. The molecule has 0 fully saturated rings. The summed E-state index contributed by atoms with van der Waals surface area (Å²) in [5.41, 5.74) is 6.59. The van der Waals surface area contributed by atoms with E-state index in [1.54, 1.807) is 13.3 Å². The summed E-state index contributed by atoms with van der Waals surface area (Å²) in [6, 6.07) is 3.74. The Morgan fingerprint density at radius 1 is 1.29 bits per heavy atom. The number of pyridine rings is 1. The topological polar surface area (TPSA) is 69.4 Å². The molecule has 0 aliphatic rings. The summed E-state index contributed by atoms with van der Waals surface area (Å²) in [4.78, 5) is 3.93.